The van der Waals surface area contributed by atoms with E-state index in [9.17, 15) is 4.79 Å². The summed E-state index contributed by atoms with van der Waals surface area (Å²) in [7, 11) is 1.62. The molecule has 0 saturated carbocycles. The lowest BCUT2D eigenvalue weighted by atomic mass is 9.96. The number of amides is 1. The molecular weight excluding hydrogens is 378 g/mol. The number of hydrogen-bond donors (Lipinski definition) is 0. The number of benzene rings is 2. The molecule has 2 heterocycles. The monoisotopic (exact) mass is 405 g/mol. The van der Waals surface area contributed by atoms with Crippen molar-refractivity contribution in [2.24, 2.45) is 0 Å². The third-order valence-corrected chi connectivity index (χ3v) is 5.68. The quantitative estimate of drug-likeness (QED) is 0.605. The Kier molecular flexibility index (Phi) is 5.84. The fraction of sp³-hybridized carbons (Fsp3) is 0.375. The smallest absolute Gasteiger partial charge is 0.261 e. The molecule has 1 fully saturated rings. The van der Waals surface area contributed by atoms with Crippen LogP contribution in [0, 0.1) is 0 Å². The molecule has 1 atom stereocenters. The Morgan fingerprint density at radius 2 is 1.93 bits per heavy atom. The summed E-state index contributed by atoms with van der Waals surface area (Å²) >= 11 is 0. The van der Waals surface area contributed by atoms with Crippen LogP contribution in [0.2, 0.25) is 0 Å². The van der Waals surface area contributed by atoms with Crippen LogP contribution in [0.1, 0.15) is 60.3 Å². The summed E-state index contributed by atoms with van der Waals surface area (Å²) in [4.78, 5) is 19.5. The molecule has 6 nitrogen and oxygen atoms in total. The molecule has 1 saturated heterocycles. The maximum atomic E-state index is 13.0. The minimum atomic E-state index is 0.0588. The second-order valence-corrected chi connectivity index (χ2v) is 8.03. The summed E-state index contributed by atoms with van der Waals surface area (Å²) in [6.07, 6.45) is 1.85. The number of likely N-dealkylation sites (tertiary alicyclic amines) is 1. The molecular formula is C24H27N3O3. The van der Waals surface area contributed by atoms with Crippen molar-refractivity contribution in [3.63, 3.8) is 0 Å². The van der Waals surface area contributed by atoms with Crippen molar-refractivity contribution < 1.29 is 14.1 Å². The van der Waals surface area contributed by atoms with Gasteiger partial charge in [0.2, 0.25) is 0 Å². The maximum Gasteiger partial charge on any atom is 0.261 e. The fourth-order valence-electron chi connectivity index (χ4n) is 3.90. The van der Waals surface area contributed by atoms with Gasteiger partial charge in [-0.2, -0.15) is 4.98 Å². The first-order valence-corrected chi connectivity index (χ1v) is 10.4. The maximum absolute atomic E-state index is 13.0. The summed E-state index contributed by atoms with van der Waals surface area (Å²) in [5.74, 6) is 2.34. The average Bonchev–Trinajstić information content (AvgIpc) is 3.29. The van der Waals surface area contributed by atoms with E-state index in [4.69, 9.17) is 9.26 Å². The molecule has 4 rings (SSSR count). The Labute approximate surface area is 176 Å². The van der Waals surface area contributed by atoms with E-state index in [1.807, 2.05) is 53.4 Å². The highest BCUT2D eigenvalue weighted by Crippen LogP contribution is 2.31. The number of rotatable bonds is 5. The second kappa shape index (κ2) is 8.69. The van der Waals surface area contributed by atoms with Crippen LogP contribution in [0.15, 0.2) is 53.1 Å². The van der Waals surface area contributed by atoms with Gasteiger partial charge in [-0.3, -0.25) is 4.79 Å². The average molecular weight is 405 g/mol. The van der Waals surface area contributed by atoms with E-state index >= 15 is 0 Å². The number of piperidine rings is 1. The Balaban J connectivity index is 1.49. The fourth-order valence-corrected chi connectivity index (χ4v) is 3.90. The lowest BCUT2D eigenvalue weighted by Crippen LogP contribution is -2.39. The van der Waals surface area contributed by atoms with Gasteiger partial charge in [0.1, 0.15) is 5.75 Å². The number of hydrogen-bond acceptors (Lipinski definition) is 5. The number of aromatic nitrogens is 2. The molecule has 0 aliphatic carbocycles. The Hall–Kier alpha value is -3.15. The highest BCUT2D eigenvalue weighted by molar-refractivity contribution is 5.94. The van der Waals surface area contributed by atoms with E-state index in [1.54, 1.807) is 7.11 Å². The van der Waals surface area contributed by atoms with Gasteiger partial charge in [-0.1, -0.05) is 43.3 Å². The van der Waals surface area contributed by atoms with E-state index in [0.29, 0.717) is 29.9 Å². The van der Waals surface area contributed by atoms with Crippen molar-refractivity contribution >= 4 is 5.91 Å². The van der Waals surface area contributed by atoms with E-state index in [0.717, 1.165) is 30.5 Å². The van der Waals surface area contributed by atoms with E-state index in [2.05, 4.69) is 24.0 Å². The number of ether oxygens (including phenoxy) is 1. The number of carbonyl (C=O) groups is 1. The zero-order valence-electron chi connectivity index (χ0n) is 17.7. The summed E-state index contributed by atoms with van der Waals surface area (Å²) in [5, 5.41) is 4.21. The largest absolute Gasteiger partial charge is 0.496 e. The first-order valence-electron chi connectivity index (χ1n) is 10.4. The van der Waals surface area contributed by atoms with Crippen molar-refractivity contribution in [2.75, 3.05) is 20.2 Å². The molecule has 1 aliphatic rings. The van der Waals surface area contributed by atoms with E-state index in [-0.39, 0.29) is 11.8 Å². The summed E-state index contributed by atoms with van der Waals surface area (Å²) in [6, 6.07) is 15.5. The lowest BCUT2D eigenvalue weighted by molar-refractivity contribution is 0.0703. The predicted octanol–water partition coefficient (Wildman–Crippen LogP) is 4.89. The van der Waals surface area contributed by atoms with Crippen LogP contribution in [0.4, 0.5) is 0 Å². The third kappa shape index (κ3) is 4.08. The standard InChI is InChI=1S/C24H27N3O3/c1-16(2)17-10-12-18(13-11-17)24(28)27-14-6-7-19(15-27)22-25-23(30-26-22)20-8-4-5-9-21(20)29-3/h4-5,8-13,16,19H,6-7,14-15H2,1-3H3. The van der Waals surface area contributed by atoms with Gasteiger partial charge in [0.05, 0.1) is 12.7 Å². The molecule has 0 bridgehead atoms. The molecule has 30 heavy (non-hydrogen) atoms. The lowest BCUT2D eigenvalue weighted by Gasteiger charge is -2.31. The van der Waals surface area contributed by atoms with E-state index in [1.165, 1.54) is 5.56 Å². The predicted molar refractivity (Wildman–Crippen MR) is 115 cm³/mol. The summed E-state index contributed by atoms with van der Waals surface area (Å²) in [6.45, 7) is 5.64. The van der Waals surface area contributed by atoms with Crippen molar-refractivity contribution in [1.29, 1.82) is 0 Å². The molecule has 0 radical (unpaired) electrons. The Bertz CT molecular complexity index is 1010. The van der Waals surface area contributed by atoms with Crippen LogP contribution >= 0.6 is 0 Å². The van der Waals surface area contributed by atoms with Crippen LogP contribution in [0.3, 0.4) is 0 Å². The van der Waals surface area contributed by atoms with E-state index < -0.39 is 0 Å². The number of methoxy groups -OCH3 is 1. The number of carbonyl (C=O) groups excluding carboxylic acids is 1. The molecule has 1 unspecified atom stereocenters. The van der Waals surface area contributed by atoms with Crippen LogP contribution in [0.25, 0.3) is 11.5 Å². The van der Waals surface area contributed by atoms with Crippen molar-refractivity contribution in [3.05, 3.63) is 65.5 Å². The SMILES string of the molecule is COc1ccccc1-c1nc(C2CCCN(C(=O)c3ccc(C(C)C)cc3)C2)no1. The molecule has 1 aliphatic heterocycles. The first kappa shape index (κ1) is 20.1. The molecule has 1 amide bonds. The van der Waals surface area contributed by atoms with Crippen LogP contribution < -0.4 is 4.74 Å². The number of nitrogens with zero attached hydrogens (tertiary/aromatic N) is 3. The normalized spacial score (nSPS) is 16.7. The van der Waals surface area contributed by atoms with Gasteiger partial charge in [0.25, 0.3) is 11.8 Å². The topological polar surface area (TPSA) is 68.5 Å². The van der Waals surface area contributed by atoms with Crippen LogP contribution in [-0.4, -0.2) is 41.1 Å². The Morgan fingerprint density at radius 1 is 1.17 bits per heavy atom. The molecule has 156 valence electrons. The van der Waals surface area contributed by atoms with Gasteiger partial charge in [0.15, 0.2) is 5.82 Å². The summed E-state index contributed by atoms with van der Waals surface area (Å²) in [5.41, 5.74) is 2.73. The molecule has 0 N–H and O–H groups in total. The third-order valence-electron chi connectivity index (χ3n) is 5.68. The van der Waals surface area contributed by atoms with Crippen LogP contribution in [-0.2, 0) is 0 Å². The summed E-state index contributed by atoms with van der Waals surface area (Å²) < 4.78 is 10.9. The molecule has 3 aromatic rings. The van der Waals surface area contributed by atoms with Crippen molar-refractivity contribution in [3.8, 4) is 17.2 Å². The highest BCUT2D eigenvalue weighted by atomic mass is 16.5. The van der Waals surface area contributed by atoms with Gasteiger partial charge in [-0.05, 0) is 48.6 Å². The van der Waals surface area contributed by atoms with Gasteiger partial charge in [-0.25, -0.2) is 0 Å². The van der Waals surface area contributed by atoms with Crippen LogP contribution in [0.5, 0.6) is 5.75 Å². The Morgan fingerprint density at radius 3 is 2.67 bits per heavy atom. The van der Waals surface area contributed by atoms with Gasteiger partial charge >= 0.3 is 0 Å². The first-order chi connectivity index (χ1) is 14.6. The van der Waals surface area contributed by atoms with Gasteiger partial charge in [0, 0.05) is 24.6 Å². The number of para-hydroxylation sites is 1. The molecule has 6 heteroatoms. The minimum Gasteiger partial charge on any atom is -0.496 e. The molecule has 1 aromatic heterocycles. The second-order valence-electron chi connectivity index (χ2n) is 8.03. The van der Waals surface area contributed by atoms with Gasteiger partial charge < -0.3 is 14.2 Å². The van der Waals surface area contributed by atoms with Gasteiger partial charge in [-0.15, -0.1) is 0 Å². The zero-order valence-corrected chi connectivity index (χ0v) is 17.7. The van der Waals surface area contributed by atoms with Crippen molar-refractivity contribution in [2.45, 2.75) is 38.5 Å². The highest BCUT2D eigenvalue weighted by Gasteiger charge is 2.29. The zero-order chi connectivity index (χ0) is 21.1. The molecule has 2 aromatic carbocycles. The minimum absolute atomic E-state index is 0.0588. The van der Waals surface area contributed by atoms with Crippen molar-refractivity contribution in [1.82, 2.24) is 15.0 Å². The molecule has 0 spiro atoms.